The smallest absolute Gasteiger partial charge is 0.157 e. The van der Waals surface area contributed by atoms with Gasteiger partial charge in [0, 0.05) is 5.25 Å². The van der Waals surface area contributed by atoms with Crippen LogP contribution in [0.25, 0.3) is 0 Å². The van der Waals surface area contributed by atoms with Crippen LogP contribution in [-0.4, -0.2) is 17.0 Å². The van der Waals surface area contributed by atoms with Crippen LogP contribution in [0.4, 0.5) is 0 Å². The van der Waals surface area contributed by atoms with Crippen LogP contribution < -0.4 is 5.32 Å². The second-order valence-corrected chi connectivity index (χ2v) is 5.33. The molecule has 1 aliphatic rings. The minimum atomic E-state index is 0.672. The van der Waals surface area contributed by atoms with Crippen molar-refractivity contribution in [3.05, 3.63) is 23.7 Å². The lowest BCUT2D eigenvalue weighted by Gasteiger charge is -2.06. The van der Waals surface area contributed by atoms with Gasteiger partial charge in [0.05, 0.1) is 13.1 Å². The molecule has 0 spiro atoms. The Kier molecular flexibility index (Phi) is 3.93. The fourth-order valence-corrected chi connectivity index (χ4v) is 2.85. The minimum absolute atomic E-state index is 0.672. The van der Waals surface area contributed by atoms with Crippen LogP contribution >= 0.6 is 11.8 Å². The highest BCUT2D eigenvalue weighted by molar-refractivity contribution is 8.14. The van der Waals surface area contributed by atoms with Crippen molar-refractivity contribution in [2.75, 3.05) is 6.54 Å². The second-order valence-electron chi connectivity index (χ2n) is 4.04. The van der Waals surface area contributed by atoms with Gasteiger partial charge in [0.1, 0.15) is 11.5 Å². The van der Waals surface area contributed by atoms with E-state index in [0.29, 0.717) is 5.25 Å². The van der Waals surface area contributed by atoms with Gasteiger partial charge in [0.25, 0.3) is 0 Å². The van der Waals surface area contributed by atoms with Crippen LogP contribution in [-0.2, 0) is 6.54 Å². The molecule has 1 N–H and O–H groups in total. The summed E-state index contributed by atoms with van der Waals surface area (Å²) in [5.41, 5.74) is 0. The van der Waals surface area contributed by atoms with Crippen molar-refractivity contribution < 1.29 is 4.42 Å². The van der Waals surface area contributed by atoms with Crippen LogP contribution in [0.1, 0.15) is 31.3 Å². The quantitative estimate of drug-likeness (QED) is 0.876. The highest BCUT2D eigenvalue weighted by Gasteiger charge is 2.18. The van der Waals surface area contributed by atoms with Crippen LogP contribution in [0.5, 0.6) is 0 Å². The van der Waals surface area contributed by atoms with Crippen molar-refractivity contribution in [3.63, 3.8) is 0 Å². The molecule has 88 valence electrons. The Morgan fingerprint density at radius 2 is 2.44 bits per heavy atom. The number of hydrogen-bond donors (Lipinski definition) is 1. The van der Waals surface area contributed by atoms with Crippen molar-refractivity contribution in [2.24, 2.45) is 4.99 Å². The van der Waals surface area contributed by atoms with Crippen LogP contribution in [0.15, 0.2) is 21.5 Å². The molecule has 2 heterocycles. The van der Waals surface area contributed by atoms with E-state index in [2.05, 4.69) is 17.2 Å². The van der Waals surface area contributed by atoms with E-state index in [1.807, 2.05) is 30.8 Å². The molecule has 0 aromatic carbocycles. The third-order valence-electron chi connectivity index (χ3n) is 2.54. The van der Waals surface area contributed by atoms with Gasteiger partial charge in [0.2, 0.25) is 0 Å². The summed E-state index contributed by atoms with van der Waals surface area (Å²) in [4.78, 5) is 4.48. The summed E-state index contributed by atoms with van der Waals surface area (Å²) in [7, 11) is 0. The topological polar surface area (TPSA) is 37.5 Å². The molecule has 1 unspecified atom stereocenters. The fourth-order valence-electron chi connectivity index (χ4n) is 1.73. The first-order valence-electron chi connectivity index (χ1n) is 5.78. The number of thioether (sulfide) groups is 1. The molecule has 0 aliphatic carbocycles. The fraction of sp³-hybridized carbons (Fsp3) is 0.583. The first-order chi connectivity index (χ1) is 7.78. The zero-order valence-corrected chi connectivity index (χ0v) is 10.6. The first-order valence-corrected chi connectivity index (χ1v) is 6.66. The molecule has 1 aromatic rings. The highest BCUT2D eigenvalue weighted by Crippen LogP contribution is 2.23. The Hall–Kier alpha value is -0.900. The average Bonchev–Trinajstić information content (AvgIpc) is 2.85. The van der Waals surface area contributed by atoms with Gasteiger partial charge < -0.3 is 9.73 Å². The van der Waals surface area contributed by atoms with E-state index in [1.54, 1.807) is 0 Å². The van der Waals surface area contributed by atoms with Gasteiger partial charge in [-0.05, 0) is 25.5 Å². The molecule has 1 aromatic heterocycles. The summed E-state index contributed by atoms with van der Waals surface area (Å²) in [6, 6.07) is 3.99. The van der Waals surface area contributed by atoms with Crippen molar-refractivity contribution in [1.82, 2.24) is 5.32 Å². The summed E-state index contributed by atoms with van der Waals surface area (Å²) < 4.78 is 5.49. The summed E-state index contributed by atoms with van der Waals surface area (Å²) >= 11 is 1.86. The lowest BCUT2D eigenvalue weighted by molar-refractivity contribution is 0.478. The van der Waals surface area contributed by atoms with Gasteiger partial charge in [-0.2, -0.15) is 0 Å². The van der Waals surface area contributed by atoms with Gasteiger partial charge in [-0.3, -0.25) is 4.99 Å². The van der Waals surface area contributed by atoms with E-state index in [4.69, 9.17) is 4.42 Å². The van der Waals surface area contributed by atoms with Crippen LogP contribution in [0.2, 0.25) is 0 Å². The Bertz CT molecular complexity index is 373. The molecular formula is C12H18N2OS. The first kappa shape index (κ1) is 11.6. The average molecular weight is 238 g/mol. The zero-order chi connectivity index (χ0) is 11.4. The molecule has 0 radical (unpaired) electrons. The van der Waals surface area contributed by atoms with Crippen molar-refractivity contribution in [2.45, 2.75) is 38.5 Å². The number of aliphatic imine (C=N–C) groups is 1. The predicted octanol–water partition coefficient (Wildman–Crippen LogP) is 2.95. The molecule has 0 saturated heterocycles. The van der Waals surface area contributed by atoms with Crippen molar-refractivity contribution in [1.29, 1.82) is 0 Å². The Morgan fingerprint density at radius 1 is 1.56 bits per heavy atom. The van der Waals surface area contributed by atoms with E-state index in [9.17, 15) is 0 Å². The third kappa shape index (κ3) is 3.04. The number of nitrogens with one attached hydrogen (secondary N) is 1. The van der Waals surface area contributed by atoms with Gasteiger partial charge in [-0.15, -0.1) is 0 Å². The molecule has 2 rings (SSSR count). The number of nitrogens with zero attached hydrogens (tertiary/aromatic N) is 1. The summed E-state index contributed by atoms with van der Waals surface area (Å²) in [5.74, 6) is 1.93. The molecule has 4 heteroatoms. The number of furan rings is 1. The molecule has 16 heavy (non-hydrogen) atoms. The van der Waals surface area contributed by atoms with E-state index in [-0.39, 0.29) is 0 Å². The van der Waals surface area contributed by atoms with E-state index < -0.39 is 0 Å². The monoisotopic (exact) mass is 238 g/mol. The van der Waals surface area contributed by atoms with Crippen molar-refractivity contribution >= 4 is 16.9 Å². The number of rotatable bonds is 4. The maximum absolute atomic E-state index is 5.49. The highest BCUT2D eigenvalue weighted by atomic mass is 32.2. The van der Waals surface area contributed by atoms with Crippen LogP contribution in [0, 0.1) is 6.92 Å². The molecular weight excluding hydrogens is 220 g/mol. The van der Waals surface area contributed by atoms with E-state index >= 15 is 0 Å². The number of hydrogen-bond acceptors (Lipinski definition) is 4. The Morgan fingerprint density at radius 3 is 3.12 bits per heavy atom. The number of aryl methyl sites for hydroxylation is 1. The van der Waals surface area contributed by atoms with Gasteiger partial charge in [0.15, 0.2) is 5.17 Å². The van der Waals surface area contributed by atoms with Gasteiger partial charge in [-0.25, -0.2) is 0 Å². The van der Waals surface area contributed by atoms with Gasteiger partial charge in [-0.1, -0.05) is 25.1 Å². The Labute approximate surface area is 101 Å². The van der Waals surface area contributed by atoms with Crippen LogP contribution in [0.3, 0.4) is 0 Å². The maximum Gasteiger partial charge on any atom is 0.157 e. The normalized spacial score (nSPS) is 19.9. The number of amidine groups is 1. The molecule has 0 bridgehead atoms. The summed E-state index contributed by atoms with van der Waals surface area (Å²) in [5, 5.41) is 5.05. The minimum Gasteiger partial charge on any atom is -0.465 e. The molecule has 1 atom stereocenters. The molecule has 0 saturated carbocycles. The van der Waals surface area contributed by atoms with E-state index in [1.165, 1.54) is 12.8 Å². The molecule has 0 fully saturated rings. The summed E-state index contributed by atoms with van der Waals surface area (Å²) in [6.45, 7) is 5.87. The lowest BCUT2D eigenvalue weighted by Crippen LogP contribution is -2.18. The van der Waals surface area contributed by atoms with Gasteiger partial charge >= 0.3 is 0 Å². The summed E-state index contributed by atoms with van der Waals surface area (Å²) in [6.07, 6.45) is 2.48. The maximum atomic E-state index is 5.49. The lowest BCUT2D eigenvalue weighted by atomic mass is 10.2. The largest absolute Gasteiger partial charge is 0.465 e. The molecule has 3 nitrogen and oxygen atoms in total. The standard InChI is InChI=1S/C12H18N2OS/c1-3-4-11-8-14-12(16-11)13-7-10-6-5-9(2)15-10/h5-6,11H,3-4,7-8H2,1-2H3,(H,13,14). The SMILES string of the molecule is CCCC1CN=C(NCc2ccc(C)o2)S1. The molecule has 1 aliphatic heterocycles. The third-order valence-corrected chi connectivity index (χ3v) is 3.75. The predicted molar refractivity (Wildman–Crippen MR) is 68.9 cm³/mol. The van der Waals surface area contributed by atoms with Crippen molar-refractivity contribution in [3.8, 4) is 0 Å². The Balaban J connectivity index is 1.75. The molecule has 0 amide bonds. The van der Waals surface area contributed by atoms with E-state index in [0.717, 1.165) is 29.8 Å². The zero-order valence-electron chi connectivity index (χ0n) is 9.82. The second kappa shape index (κ2) is 5.43.